The van der Waals surface area contributed by atoms with Crippen molar-refractivity contribution in [3.05, 3.63) is 41.1 Å². The average molecular weight is 340 g/mol. The molecule has 0 aromatic heterocycles. The number of para-hydroxylation sites is 1. The van der Waals surface area contributed by atoms with Crippen LogP contribution in [0.5, 0.6) is 0 Å². The van der Waals surface area contributed by atoms with Crippen LogP contribution in [-0.2, 0) is 14.4 Å². The fraction of sp³-hybridized carbons (Fsp3) is 0.500. The second kappa shape index (κ2) is 5.02. The van der Waals surface area contributed by atoms with Crippen LogP contribution >= 0.6 is 0 Å². The normalized spacial score (nSPS) is 38.4. The molecular weight excluding hydrogens is 318 g/mol. The molecule has 5 heteroatoms. The van der Waals surface area contributed by atoms with Crippen LogP contribution in [0.1, 0.15) is 37.2 Å². The van der Waals surface area contributed by atoms with E-state index in [-0.39, 0.29) is 28.2 Å². The average Bonchev–Trinajstić information content (AvgIpc) is 2.92. The number of Topliss-reactive ketones (excluding diaryl/α,β-unsaturated/α-hetero) is 1. The van der Waals surface area contributed by atoms with Crippen LogP contribution in [0.25, 0.3) is 0 Å². The number of allylic oxidation sites excluding steroid dienone is 2. The van der Waals surface area contributed by atoms with Gasteiger partial charge in [0.1, 0.15) is 18.4 Å². The number of rotatable bonds is 2. The lowest BCUT2D eigenvalue weighted by Gasteiger charge is -2.47. The van der Waals surface area contributed by atoms with Gasteiger partial charge in [-0.25, -0.2) is 0 Å². The third-order valence-electron chi connectivity index (χ3n) is 6.84. The molecule has 5 rings (SSSR count). The first-order valence-corrected chi connectivity index (χ1v) is 9.12. The topological polar surface area (TPSA) is 63.6 Å². The number of quaternary nitrogens is 1. The number of hydroxylamine groups is 2. The Bertz CT molecular complexity index is 829. The molecule has 1 fully saturated rings. The largest absolute Gasteiger partial charge is 0.481 e. The molecule has 2 heterocycles. The van der Waals surface area contributed by atoms with Crippen molar-refractivity contribution in [2.24, 2.45) is 17.8 Å². The third-order valence-corrected chi connectivity index (χ3v) is 6.84. The quantitative estimate of drug-likeness (QED) is 0.841. The molecule has 1 N–H and O–H groups in total. The first-order valence-electron chi connectivity index (χ1n) is 9.12. The van der Waals surface area contributed by atoms with E-state index in [4.69, 9.17) is 4.84 Å². The van der Waals surface area contributed by atoms with Crippen LogP contribution in [0.2, 0.25) is 0 Å². The molecule has 1 saturated carbocycles. The van der Waals surface area contributed by atoms with Crippen LogP contribution in [0.15, 0.2) is 35.5 Å². The Morgan fingerprint density at radius 2 is 2.08 bits per heavy atom. The molecule has 0 amide bonds. The Labute approximate surface area is 146 Å². The van der Waals surface area contributed by atoms with Gasteiger partial charge in [0.25, 0.3) is 0 Å². The number of fused-ring (bicyclic) bond motifs is 3. The van der Waals surface area contributed by atoms with E-state index in [9.17, 15) is 14.7 Å². The summed E-state index contributed by atoms with van der Waals surface area (Å²) >= 11 is 0. The maximum Gasteiger partial charge on any atom is 0.313 e. The fourth-order valence-corrected chi connectivity index (χ4v) is 5.96. The molecule has 1 aromatic carbocycles. The first-order chi connectivity index (χ1) is 12.1. The molecule has 0 bridgehead atoms. The SMILES string of the molecule is CO[N+]12CC(C(=O)O)C3CCCC4CC(=O)C(C1=C43)c1ccccc12. The van der Waals surface area contributed by atoms with Gasteiger partial charge in [0.2, 0.25) is 0 Å². The molecule has 5 atom stereocenters. The highest BCUT2D eigenvalue weighted by Crippen LogP contribution is 2.61. The molecule has 5 nitrogen and oxygen atoms in total. The number of hydrogen-bond acceptors (Lipinski definition) is 3. The predicted molar refractivity (Wildman–Crippen MR) is 91.5 cm³/mol. The van der Waals surface area contributed by atoms with E-state index < -0.39 is 11.9 Å². The Hall–Kier alpha value is -1.98. The summed E-state index contributed by atoms with van der Waals surface area (Å²) < 4.78 is 0.103. The summed E-state index contributed by atoms with van der Waals surface area (Å²) in [6.45, 7) is 0.378. The summed E-state index contributed by atoms with van der Waals surface area (Å²) in [7, 11) is 1.64. The van der Waals surface area contributed by atoms with Crippen molar-refractivity contribution in [3.8, 4) is 0 Å². The number of carboxylic acids is 1. The second-order valence-electron chi connectivity index (χ2n) is 7.79. The van der Waals surface area contributed by atoms with Crippen LogP contribution < -0.4 is 4.65 Å². The maximum atomic E-state index is 13.0. The monoisotopic (exact) mass is 340 g/mol. The van der Waals surface area contributed by atoms with Gasteiger partial charge in [0, 0.05) is 24.0 Å². The molecule has 0 radical (unpaired) electrons. The van der Waals surface area contributed by atoms with E-state index in [1.165, 1.54) is 5.57 Å². The van der Waals surface area contributed by atoms with E-state index in [1.54, 1.807) is 7.11 Å². The molecule has 25 heavy (non-hydrogen) atoms. The van der Waals surface area contributed by atoms with Gasteiger partial charge in [-0.3, -0.25) is 9.59 Å². The van der Waals surface area contributed by atoms with Crippen molar-refractivity contribution < 1.29 is 19.5 Å². The van der Waals surface area contributed by atoms with Crippen molar-refractivity contribution in [3.63, 3.8) is 0 Å². The Kier molecular flexibility index (Phi) is 3.07. The van der Waals surface area contributed by atoms with E-state index in [2.05, 4.69) is 0 Å². The summed E-state index contributed by atoms with van der Waals surface area (Å²) in [6.07, 6.45) is 3.45. The van der Waals surface area contributed by atoms with E-state index in [0.29, 0.717) is 13.0 Å². The van der Waals surface area contributed by atoms with Crippen LogP contribution in [0.3, 0.4) is 0 Å². The predicted octanol–water partition coefficient (Wildman–Crippen LogP) is 3.01. The molecule has 2 aliphatic heterocycles. The molecule has 1 aromatic rings. The maximum absolute atomic E-state index is 13.0. The zero-order chi connectivity index (χ0) is 17.3. The lowest BCUT2D eigenvalue weighted by Crippen LogP contribution is -2.58. The number of hydrogen-bond donors (Lipinski definition) is 1. The highest BCUT2D eigenvalue weighted by molar-refractivity contribution is 5.96. The van der Waals surface area contributed by atoms with Crippen LogP contribution in [0, 0.1) is 17.8 Å². The number of nitrogens with zero attached hydrogens (tertiary/aromatic N) is 1. The zero-order valence-corrected chi connectivity index (χ0v) is 14.3. The summed E-state index contributed by atoms with van der Waals surface area (Å²) in [5, 5.41) is 9.92. The van der Waals surface area contributed by atoms with Crippen LogP contribution in [0.4, 0.5) is 5.69 Å². The van der Waals surface area contributed by atoms with Crippen molar-refractivity contribution in [1.82, 2.24) is 4.65 Å². The standard InChI is InChI=1S/C20H21NO4/c1-25-21-10-14(20(23)24)12-7-4-5-11-9-16(22)18(19(21)17(11)12)13-6-2-3-8-15(13)21/h2-3,6,8,11-12,14,18H,4-5,7,9-10H2,1H3/p+1. The van der Waals surface area contributed by atoms with E-state index in [0.717, 1.165) is 36.2 Å². The van der Waals surface area contributed by atoms with Gasteiger partial charge in [-0.2, -0.15) is 4.84 Å². The third kappa shape index (κ3) is 1.75. The minimum absolute atomic E-state index is 0.0533. The smallest absolute Gasteiger partial charge is 0.313 e. The zero-order valence-electron chi connectivity index (χ0n) is 14.3. The molecule has 0 spiro atoms. The van der Waals surface area contributed by atoms with E-state index >= 15 is 0 Å². The van der Waals surface area contributed by atoms with Gasteiger partial charge < -0.3 is 5.11 Å². The van der Waals surface area contributed by atoms with E-state index in [1.807, 2.05) is 24.3 Å². The Balaban J connectivity index is 1.85. The minimum atomic E-state index is -0.746. The van der Waals surface area contributed by atoms with Gasteiger partial charge in [-0.15, -0.1) is 4.65 Å². The van der Waals surface area contributed by atoms with Gasteiger partial charge in [-0.1, -0.05) is 24.6 Å². The molecule has 130 valence electrons. The second-order valence-corrected chi connectivity index (χ2v) is 7.79. The molecular formula is C20H22NO4+. The van der Waals surface area contributed by atoms with Gasteiger partial charge in [-0.05, 0) is 24.3 Å². The lowest BCUT2D eigenvalue weighted by atomic mass is 9.62. The van der Waals surface area contributed by atoms with Crippen molar-refractivity contribution in [2.45, 2.75) is 31.6 Å². The molecule has 5 unspecified atom stereocenters. The molecule has 4 aliphatic rings. The van der Waals surface area contributed by atoms with Crippen molar-refractivity contribution in [1.29, 1.82) is 0 Å². The molecule has 2 aliphatic carbocycles. The number of benzene rings is 1. The number of carboxylic acid groups (broad SMARTS) is 1. The summed E-state index contributed by atoms with van der Waals surface area (Å²) in [4.78, 5) is 31.1. The van der Waals surface area contributed by atoms with Crippen LogP contribution in [-0.4, -0.2) is 30.5 Å². The first kappa shape index (κ1) is 15.3. The summed E-state index contributed by atoms with van der Waals surface area (Å²) in [5.41, 5.74) is 4.23. The fourth-order valence-electron chi connectivity index (χ4n) is 5.96. The highest BCUT2D eigenvalue weighted by Gasteiger charge is 2.64. The van der Waals surface area contributed by atoms with Crippen molar-refractivity contribution >= 4 is 17.4 Å². The lowest BCUT2D eigenvalue weighted by molar-refractivity contribution is -0.156. The Morgan fingerprint density at radius 1 is 1.28 bits per heavy atom. The highest BCUT2D eigenvalue weighted by atomic mass is 16.7. The van der Waals surface area contributed by atoms with Gasteiger partial charge in [0.15, 0.2) is 17.2 Å². The minimum Gasteiger partial charge on any atom is -0.481 e. The number of ketones is 1. The number of carbonyl (C=O) groups is 2. The van der Waals surface area contributed by atoms with Crippen molar-refractivity contribution in [2.75, 3.05) is 13.7 Å². The Morgan fingerprint density at radius 3 is 2.84 bits per heavy atom. The number of carbonyl (C=O) groups excluding carboxylic acids is 1. The number of aliphatic carboxylic acids is 1. The van der Waals surface area contributed by atoms with Gasteiger partial charge in [0.05, 0.1) is 7.11 Å². The summed E-state index contributed by atoms with van der Waals surface area (Å²) in [5.74, 6) is -0.939. The van der Waals surface area contributed by atoms with Gasteiger partial charge >= 0.3 is 5.97 Å². The molecule has 0 saturated heterocycles. The summed E-state index contributed by atoms with van der Waals surface area (Å²) in [6, 6.07) is 7.91.